The third-order valence-electron chi connectivity index (χ3n) is 3.54. The Balaban J connectivity index is 0.00000162. The van der Waals surface area contributed by atoms with Crippen LogP contribution in [0.5, 0.6) is 0 Å². The molecule has 18 heavy (non-hydrogen) atoms. The van der Waals surface area contributed by atoms with Crippen LogP contribution in [0.3, 0.4) is 0 Å². The lowest BCUT2D eigenvalue weighted by Gasteiger charge is -2.20. The van der Waals surface area contributed by atoms with E-state index in [2.05, 4.69) is 69.3 Å². The zero-order valence-electron chi connectivity index (χ0n) is 11.6. The Morgan fingerprint density at radius 3 is 1.50 bits per heavy atom. The standard InChI is InChI=1S/C17H20.H3N/c1-4-15(16-11-7-5-9-13(16)2)17-12-8-6-10-14(17)3;/h5-12,15H,4H2,1-3H3;1H3. The quantitative estimate of drug-likeness (QED) is 0.805. The summed E-state index contributed by atoms with van der Waals surface area (Å²) in [5, 5.41) is 0. The van der Waals surface area contributed by atoms with Gasteiger partial charge < -0.3 is 6.15 Å². The third kappa shape index (κ3) is 2.80. The summed E-state index contributed by atoms with van der Waals surface area (Å²) in [5.41, 5.74) is 5.71. The molecule has 0 unspecified atom stereocenters. The average molecular weight is 241 g/mol. The highest BCUT2D eigenvalue weighted by Gasteiger charge is 2.15. The van der Waals surface area contributed by atoms with Gasteiger partial charge in [-0.1, -0.05) is 55.5 Å². The van der Waals surface area contributed by atoms with Crippen molar-refractivity contribution >= 4 is 0 Å². The largest absolute Gasteiger partial charge is 0.344 e. The fraction of sp³-hybridized carbons (Fsp3) is 0.294. The fourth-order valence-corrected chi connectivity index (χ4v) is 2.56. The van der Waals surface area contributed by atoms with Gasteiger partial charge in [-0.2, -0.15) is 0 Å². The molecule has 2 aromatic carbocycles. The Kier molecular flexibility index (Phi) is 5.11. The van der Waals surface area contributed by atoms with Crippen LogP contribution in [0.4, 0.5) is 0 Å². The van der Waals surface area contributed by atoms with Crippen molar-refractivity contribution in [1.82, 2.24) is 6.15 Å². The van der Waals surface area contributed by atoms with Gasteiger partial charge in [-0.05, 0) is 42.5 Å². The Morgan fingerprint density at radius 1 is 0.778 bits per heavy atom. The normalized spacial score (nSPS) is 10.2. The average Bonchev–Trinajstić information content (AvgIpc) is 2.34. The number of rotatable bonds is 3. The Bertz CT molecular complexity index is 457. The summed E-state index contributed by atoms with van der Waals surface area (Å²) in [4.78, 5) is 0. The second-order valence-electron chi connectivity index (χ2n) is 4.67. The van der Waals surface area contributed by atoms with E-state index in [0.717, 1.165) is 6.42 Å². The first kappa shape index (κ1) is 14.5. The van der Waals surface area contributed by atoms with Gasteiger partial charge in [0.2, 0.25) is 0 Å². The molecule has 1 nitrogen and oxygen atoms in total. The lowest BCUT2D eigenvalue weighted by Crippen LogP contribution is -2.03. The molecule has 0 fully saturated rings. The van der Waals surface area contributed by atoms with Crippen LogP contribution in [0.1, 0.15) is 41.5 Å². The molecule has 0 aromatic heterocycles. The van der Waals surface area contributed by atoms with Crippen LogP contribution in [0.2, 0.25) is 0 Å². The predicted molar refractivity (Wildman–Crippen MR) is 79.5 cm³/mol. The summed E-state index contributed by atoms with van der Waals surface area (Å²) < 4.78 is 0. The van der Waals surface area contributed by atoms with Crippen LogP contribution in [-0.2, 0) is 0 Å². The molecule has 0 aliphatic heterocycles. The van der Waals surface area contributed by atoms with Gasteiger partial charge in [0.15, 0.2) is 0 Å². The molecule has 1 heteroatoms. The molecule has 0 saturated heterocycles. The Labute approximate surface area is 110 Å². The van der Waals surface area contributed by atoms with Crippen LogP contribution in [-0.4, -0.2) is 0 Å². The number of hydrogen-bond acceptors (Lipinski definition) is 1. The topological polar surface area (TPSA) is 35.0 Å². The molecule has 0 bridgehead atoms. The van der Waals surface area contributed by atoms with Gasteiger partial charge >= 0.3 is 0 Å². The van der Waals surface area contributed by atoms with Crippen molar-refractivity contribution < 1.29 is 0 Å². The van der Waals surface area contributed by atoms with Gasteiger partial charge in [-0.25, -0.2) is 0 Å². The number of aryl methyl sites for hydroxylation is 2. The number of hydrogen-bond donors (Lipinski definition) is 1. The first-order chi connectivity index (χ1) is 8.24. The van der Waals surface area contributed by atoms with E-state index in [9.17, 15) is 0 Å². The highest BCUT2D eigenvalue weighted by molar-refractivity contribution is 5.40. The highest BCUT2D eigenvalue weighted by atomic mass is 14.2. The van der Waals surface area contributed by atoms with Gasteiger partial charge in [-0.15, -0.1) is 0 Å². The van der Waals surface area contributed by atoms with E-state index in [1.165, 1.54) is 22.3 Å². The van der Waals surface area contributed by atoms with E-state index in [0.29, 0.717) is 5.92 Å². The lowest BCUT2D eigenvalue weighted by atomic mass is 9.84. The zero-order chi connectivity index (χ0) is 12.3. The van der Waals surface area contributed by atoms with Crippen molar-refractivity contribution in [2.75, 3.05) is 0 Å². The molecule has 0 amide bonds. The van der Waals surface area contributed by atoms with Gasteiger partial charge in [0.05, 0.1) is 0 Å². The molecule has 0 aliphatic rings. The second-order valence-corrected chi connectivity index (χ2v) is 4.67. The highest BCUT2D eigenvalue weighted by Crippen LogP contribution is 2.31. The Morgan fingerprint density at radius 2 is 1.17 bits per heavy atom. The first-order valence-electron chi connectivity index (χ1n) is 6.35. The van der Waals surface area contributed by atoms with Gasteiger partial charge in [0, 0.05) is 5.92 Å². The maximum Gasteiger partial charge on any atom is 0.00919 e. The van der Waals surface area contributed by atoms with Gasteiger partial charge in [0.1, 0.15) is 0 Å². The SMILES string of the molecule is CCC(c1ccccc1C)c1ccccc1C.N. The van der Waals surface area contributed by atoms with Crippen molar-refractivity contribution in [1.29, 1.82) is 0 Å². The fourth-order valence-electron chi connectivity index (χ4n) is 2.56. The smallest absolute Gasteiger partial charge is 0.00919 e. The molecule has 0 aliphatic carbocycles. The van der Waals surface area contributed by atoms with Crippen LogP contribution < -0.4 is 6.15 Å². The summed E-state index contributed by atoms with van der Waals surface area (Å²) in [7, 11) is 0. The van der Waals surface area contributed by atoms with E-state index in [1.807, 2.05) is 0 Å². The molecule has 3 N–H and O–H groups in total. The molecule has 0 heterocycles. The second kappa shape index (κ2) is 6.36. The van der Waals surface area contributed by atoms with Crippen molar-refractivity contribution in [2.45, 2.75) is 33.1 Å². The van der Waals surface area contributed by atoms with Crippen molar-refractivity contribution in [3.05, 3.63) is 70.8 Å². The van der Waals surface area contributed by atoms with E-state index >= 15 is 0 Å². The number of benzene rings is 2. The molecule has 2 aromatic rings. The molecule has 0 saturated carbocycles. The Hall–Kier alpha value is -1.60. The third-order valence-corrected chi connectivity index (χ3v) is 3.54. The minimum Gasteiger partial charge on any atom is -0.344 e. The predicted octanol–water partition coefficient (Wildman–Crippen LogP) is 5.01. The molecule has 2 rings (SSSR count). The van der Waals surface area contributed by atoms with E-state index < -0.39 is 0 Å². The summed E-state index contributed by atoms with van der Waals surface area (Å²) >= 11 is 0. The molecule has 0 radical (unpaired) electrons. The summed E-state index contributed by atoms with van der Waals surface area (Å²) in [6, 6.07) is 17.4. The maximum atomic E-state index is 2.27. The van der Waals surface area contributed by atoms with Crippen LogP contribution >= 0.6 is 0 Å². The maximum absolute atomic E-state index is 2.27. The van der Waals surface area contributed by atoms with E-state index in [4.69, 9.17) is 0 Å². The van der Waals surface area contributed by atoms with Crippen LogP contribution in [0, 0.1) is 13.8 Å². The first-order valence-corrected chi connectivity index (χ1v) is 6.35. The van der Waals surface area contributed by atoms with Gasteiger partial charge in [-0.3, -0.25) is 0 Å². The molecular formula is C17H23N. The lowest BCUT2D eigenvalue weighted by molar-refractivity contribution is 0.765. The summed E-state index contributed by atoms with van der Waals surface area (Å²) in [6.07, 6.45) is 1.15. The minimum absolute atomic E-state index is 0. The zero-order valence-corrected chi connectivity index (χ0v) is 11.6. The van der Waals surface area contributed by atoms with Crippen LogP contribution in [0.15, 0.2) is 48.5 Å². The van der Waals surface area contributed by atoms with E-state index in [1.54, 1.807) is 0 Å². The summed E-state index contributed by atoms with van der Waals surface area (Å²) in [6.45, 7) is 6.68. The monoisotopic (exact) mass is 241 g/mol. The molecule has 0 spiro atoms. The van der Waals surface area contributed by atoms with Crippen molar-refractivity contribution in [3.8, 4) is 0 Å². The molecular weight excluding hydrogens is 218 g/mol. The molecule has 96 valence electrons. The van der Waals surface area contributed by atoms with Crippen molar-refractivity contribution in [2.24, 2.45) is 0 Å². The van der Waals surface area contributed by atoms with Crippen molar-refractivity contribution in [3.63, 3.8) is 0 Å². The van der Waals surface area contributed by atoms with Gasteiger partial charge in [0.25, 0.3) is 0 Å². The molecule has 0 atom stereocenters. The van der Waals surface area contributed by atoms with Crippen LogP contribution in [0.25, 0.3) is 0 Å². The summed E-state index contributed by atoms with van der Waals surface area (Å²) in [5.74, 6) is 0.525. The van der Waals surface area contributed by atoms with E-state index in [-0.39, 0.29) is 6.15 Å². The minimum atomic E-state index is 0.